The zero-order valence-electron chi connectivity index (χ0n) is 30.7. The van der Waals surface area contributed by atoms with Gasteiger partial charge in [0, 0.05) is 5.41 Å². The number of nitrogens with zero attached hydrogens (tertiary/aromatic N) is 4. The number of ether oxygens (including phenoxy) is 2. The third kappa shape index (κ3) is 4.90. The van der Waals surface area contributed by atoms with Crippen molar-refractivity contribution < 1.29 is 24.2 Å². The van der Waals surface area contributed by atoms with Crippen molar-refractivity contribution >= 4 is 11.9 Å². The number of aromatic nitrogens is 4. The van der Waals surface area contributed by atoms with Crippen molar-refractivity contribution in [3.05, 3.63) is 42.2 Å². The largest absolute Gasteiger partial charge is 0.481 e. The molecule has 1 N–H and O–H groups in total. The Morgan fingerprint density at radius 2 is 1.70 bits per heavy atom. The number of aliphatic carboxylic acids is 1. The minimum atomic E-state index is -0.607. The highest BCUT2D eigenvalue weighted by Crippen LogP contribution is 2.77. The van der Waals surface area contributed by atoms with Crippen molar-refractivity contribution in [2.24, 2.45) is 56.7 Å². The van der Waals surface area contributed by atoms with Gasteiger partial charge in [-0.3, -0.25) is 4.79 Å². The van der Waals surface area contributed by atoms with Gasteiger partial charge in [0.2, 0.25) is 0 Å². The van der Waals surface area contributed by atoms with Gasteiger partial charge in [-0.05, 0) is 146 Å². The number of carboxylic acid groups (broad SMARTS) is 1. The van der Waals surface area contributed by atoms with E-state index in [0.717, 1.165) is 64.2 Å². The number of terminal acetylenes is 1. The van der Waals surface area contributed by atoms with E-state index in [-0.39, 0.29) is 46.1 Å². The lowest BCUT2D eigenvalue weighted by molar-refractivity contribution is -0.248. The summed E-state index contributed by atoms with van der Waals surface area (Å²) in [7, 11) is 0. The van der Waals surface area contributed by atoms with Crippen molar-refractivity contribution in [1.82, 2.24) is 20.2 Å². The topological polar surface area (TPSA) is 116 Å². The number of hydrogen-bond donors (Lipinski definition) is 1. The summed E-state index contributed by atoms with van der Waals surface area (Å²) in [6, 6.07) is 7.09. The number of carboxylic acids is 1. The van der Waals surface area contributed by atoms with E-state index in [0.29, 0.717) is 35.1 Å². The predicted octanol–water partition coefficient (Wildman–Crippen LogP) is 7.94. The summed E-state index contributed by atoms with van der Waals surface area (Å²) in [4.78, 5) is 27.8. The molecule has 5 saturated carbocycles. The standard InChI is InChI=1S/C41H54N4O5/c1-9-24-49-27-12-10-26(11-13-27)45-43-34(42-44-45)35(46)50-32-18-19-38(6)30(37(32,4)5)17-20-40(8)31(38)15-14-29-33-28(25(2)3)16-21-41(33,36(47)48)23-22-39(29,40)7/h1,10-13,28-33H,2,14-24H2,3-8H3,(H,47,48)/t28-,29+,30-,31+,32-,33+,38-,39+,40+,41-/m0/s1. The van der Waals surface area contributed by atoms with Crippen LogP contribution in [0.5, 0.6) is 5.75 Å². The first-order chi connectivity index (χ1) is 23.6. The lowest BCUT2D eigenvalue weighted by Gasteiger charge is -2.72. The highest BCUT2D eigenvalue weighted by atomic mass is 16.5. The second kappa shape index (κ2) is 12.0. The molecule has 2 aromatic rings. The molecular weight excluding hydrogens is 628 g/mol. The maximum atomic E-state index is 13.5. The lowest BCUT2D eigenvalue weighted by Crippen LogP contribution is -2.67. The minimum Gasteiger partial charge on any atom is -0.481 e. The van der Waals surface area contributed by atoms with E-state index in [4.69, 9.17) is 15.9 Å². The Morgan fingerprint density at radius 1 is 0.960 bits per heavy atom. The molecule has 9 nitrogen and oxygen atoms in total. The van der Waals surface area contributed by atoms with Gasteiger partial charge in [0.25, 0.3) is 5.82 Å². The van der Waals surface area contributed by atoms with E-state index < -0.39 is 17.4 Å². The van der Waals surface area contributed by atoms with E-state index in [2.05, 4.69) is 69.5 Å². The summed E-state index contributed by atoms with van der Waals surface area (Å²) in [5, 5.41) is 23.2. The molecule has 0 bridgehead atoms. The monoisotopic (exact) mass is 682 g/mol. The van der Waals surface area contributed by atoms with Crippen molar-refractivity contribution in [2.45, 2.75) is 112 Å². The maximum absolute atomic E-state index is 13.5. The molecular formula is C41H54N4O5. The number of benzene rings is 1. The van der Waals surface area contributed by atoms with Gasteiger partial charge in [-0.2, -0.15) is 0 Å². The quantitative estimate of drug-likeness (QED) is 0.178. The Bertz CT molecular complexity index is 1730. The molecule has 5 aliphatic rings. The Morgan fingerprint density at radius 3 is 2.38 bits per heavy atom. The number of tetrazole rings is 1. The van der Waals surface area contributed by atoms with Gasteiger partial charge in [-0.1, -0.05) is 52.7 Å². The second-order valence-electron chi connectivity index (χ2n) is 17.8. The summed E-state index contributed by atoms with van der Waals surface area (Å²) in [6.07, 6.45) is 14.7. The van der Waals surface area contributed by atoms with Gasteiger partial charge in [0.15, 0.2) is 0 Å². The summed E-state index contributed by atoms with van der Waals surface area (Å²) < 4.78 is 11.7. The van der Waals surface area contributed by atoms with Crippen LogP contribution in [0.25, 0.3) is 5.69 Å². The molecule has 0 radical (unpaired) electrons. The third-order valence-corrected chi connectivity index (χ3v) is 15.7. The second-order valence-corrected chi connectivity index (χ2v) is 17.8. The molecule has 0 saturated heterocycles. The molecule has 1 aromatic heterocycles. The lowest BCUT2D eigenvalue weighted by atomic mass is 9.32. The van der Waals surface area contributed by atoms with Crippen LogP contribution in [-0.2, 0) is 9.53 Å². The highest BCUT2D eigenvalue weighted by Gasteiger charge is 2.72. The van der Waals surface area contributed by atoms with Crippen LogP contribution in [0.4, 0.5) is 0 Å². The fraction of sp³-hybridized carbons (Fsp3) is 0.683. The van der Waals surface area contributed by atoms with Crippen molar-refractivity contribution in [3.8, 4) is 23.8 Å². The van der Waals surface area contributed by atoms with Crippen LogP contribution in [0.3, 0.4) is 0 Å². The number of allylic oxidation sites excluding steroid dienone is 1. The summed E-state index contributed by atoms with van der Waals surface area (Å²) >= 11 is 0. The molecule has 5 fully saturated rings. The number of carbonyl (C=O) groups excluding carboxylic acids is 1. The number of rotatable bonds is 7. The Balaban J connectivity index is 1.09. The first kappa shape index (κ1) is 34.8. The number of esters is 1. The molecule has 1 heterocycles. The summed E-state index contributed by atoms with van der Waals surface area (Å²) in [6.45, 7) is 18.9. The number of carbonyl (C=O) groups is 2. The smallest absolute Gasteiger partial charge is 0.380 e. The van der Waals surface area contributed by atoms with Crippen LogP contribution >= 0.6 is 0 Å². The van der Waals surface area contributed by atoms with Crippen molar-refractivity contribution in [3.63, 3.8) is 0 Å². The minimum absolute atomic E-state index is 0.0565. The average molecular weight is 683 g/mol. The van der Waals surface area contributed by atoms with E-state index >= 15 is 0 Å². The van der Waals surface area contributed by atoms with Crippen molar-refractivity contribution in [1.29, 1.82) is 0 Å². The first-order valence-electron chi connectivity index (χ1n) is 18.7. The van der Waals surface area contributed by atoms with Gasteiger partial charge in [0.1, 0.15) is 18.5 Å². The first-order valence-corrected chi connectivity index (χ1v) is 18.7. The maximum Gasteiger partial charge on any atom is 0.380 e. The average Bonchev–Trinajstić information content (AvgIpc) is 3.73. The molecule has 0 amide bonds. The summed E-state index contributed by atoms with van der Waals surface area (Å²) in [5.74, 6) is 3.66. The highest BCUT2D eigenvalue weighted by molar-refractivity contribution is 5.85. The zero-order chi connectivity index (χ0) is 35.9. The van der Waals surface area contributed by atoms with Gasteiger partial charge in [0.05, 0.1) is 11.1 Å². The Hall–Kier alpha value is -3.67. The number of fused-ring (bicyclic) bond motifs is 7. The zero-order valence-corrected chi connectivity index (χ0v) is 30.7. The van der Waals surface area contributed by atoms with Crippen LogP contribution in [0.15, 0.2) is 36.4 Å². The molecule has 1 aromatic carbocycles. The normalized spacial score (nSPS) is 39.9. The van der Waals surface area contributed by atoms with Crippen LogP contribution in [0.1, 0.15) is 116 Å². The van der Waals surface area contributed by atoms with Crippen LogP contribution < -0.4 is 4.74 Å². The fourth-order valence-corrected chi connectivity index (χ4v) is 13.1. The molecule has 7 rings (SSSR count). The summed E-state index contributed by atoms with van der Waals surface area (Å²) in [5.41, 5.74) is 1.24. The molecule has 268 valence electrons. The van der Waals surface area contributed by atoms with E-state index in [1.807, 2.05) is 0 Å². The molecule has 10 atom stereocenters. The Labute approximate surface area is 297 Å². The third-order valence-electron chi connectivity index (χ3n) is 15.7. The van der Waals surface area contributed by atoms with Gasteiger partial charge in [-0.25, -0.2) is 4.79 Å². The fourth-order valence-electron chi connectivity index (χ4n) is 13.1. The molecule has 50 heavy (non-hydrogen) atoms. The predicted molar refractivity (Wildman–Crippen MR) is 189 cm³/mol. The SMILES string of the molecule is C#CCOc1ccc(-n2nnc(C(=O)O[C@H]3CC[C@]4(C)[C@H]5CC[C@@H]6[C@H]7[C@H](C(=C)C)CC[C@]7(C(=O)O)CC[C@@]6(C)[C@]5(C)CC[C@H]4C3(C)C)n2)cc1. The molecule has 0 aliphatic heterocycles. The van der Waals surface area contributed by atoms with Crippen LogP contribution in [0.2, 0.25) is 0 Å². The molecule has 5 aliphatic carbocycles. The number of hydrogen-bond acceptors (Lipinski definition) is 7. The van der Waals surface area contributed by atoms with Gasteiger partial charge >= 0.3 is 11.9 Å². The van der Waals surface area contributed by atoms with Gasteiger partial charge < -0.3 is 14.6 Å². The molecule has 9 heteroatoms. The van der Waals surface area contributed by atoms with E-state index in [1.54, 1.807) is 24.3 Å². The molecule has 0 spiro atoms. The van der Waals surface area contributed by atoms with E-state index in [9.17, 15) is 14.7 Å². The Kier molecular flexibility index (Phi) is 8.31. The molecule has 0 unspecified atom stereocenters. The van der Waals surface area contributed by atoms with Gasteiger partial charge in [-0.15, -0.1) is 21.4 Å². The van der Waals surface area contributed by atoms with Crippen molar-refractivity contribution in [2.75, 3.05) is 6.61 Å². The van der Waals surface area contributed by atoms with E-state index in [1.165, 1.54) is 10.4 Å². The van der Waals surface area contributed by atoms with Crippen LogP contribution in [0, 0.1) is 69.0 Å². The van der Waals surface area contributed by atoms with Crippen LogP contribution in [-0.4, -0.2) is 50.0 Å².